The number of para-hydroxylation sites is 1. The molecule has 0 aliphatic rings. The number of aromatic nitrogens is 3. The average molecular weight is 464 g/mol. The number of carbonyl (C=O) groups is 1. The number of carbonyl (C=O) groups excluding carboxylic acids is 1. The maximum Gasteiger partial charge on any atom is 0.269 e. The van der Waals surface area contributed by atoms with Crippen molar-refractivity contribution in [1.82, 2.24) is 14.8 Å². The lowest BCUT2D eigenvalue weighted by atomic mass is 10.0. The first-order valence-electron chi connectivity index (χ1n) is 10.7. The third-order valence-corrected chi connectivity index (χ3v) is 6.54. The third-order valence-electron chi connectivity index (χ3n) is 5.50. The van der Waals surface area contributed by atoms with Crippen molar-refractivity contribution in [3.63, 3.8) is 0 Å². The van der Waals surface area contributed by atoms with E-state index in [1.54, 1.807) is 4.90 Å². The minimum Gasteiger partial charge on any atom is -0.282 e. The van der Waals surface area contributed by atoms with E-state index in [-0.39, 0.29) is 11.6 Å². The number of benzene rings is 2. The highest BCUT2D eigenvalue weighted by Gasteiger charge is 2.23. The molecule has 0 fully saturated rings. The second-order valence-electron chi connectivity index (χ2n) is 8.26. The highest BCUT2D eigenvalue weighted by molar-refractivity contribution is 7.22. The summed E-state index contributed by atoms with van der Waals surface area (Å²) >= 11 is 1.47. The van der Waals surface area contributed by atoms with Gasteiger partial charge in [-0.2, -0.15) is 5.10 Å². The minimum absolute atomic E-state index is 0.0534. The van der Waals surface area contributed by atoms with Crippen LogP contribution in [-0.2, 0) is 6.54 Å². The van der Waals surface area contributed by atoms with Gasteiger partial charge in [0.15, 0.2) is 5.13 Å². The van der Waals surface area contributed by atoms with Crippen molar-refractivity contribution < 1.29 is 9.72 Å². The molecule has 0 aliphatic heterocycles. The minimum atomic E-state index is -0.476. The van der Waals surface area contributed by atoms with E-state index in [2.05, 4.69) is 25.0 Å². The molecule has 0 saturated carbocycles. The number of hydrogen-bond acceptors (Lipinski definition) is 6. The molecule has 2 heterocycles. The number of fused-ring (bicyclic) bond motifs is 1. The fourth-order valence-electron chi connectivity index (χ4n) is 3.80. The molecule has 2 aromatic carbocycles. The molecule has 0 spiro atoms. The first-order valence-corrected chi connectivity index (χ1v) is 11.5. The second kappa shape index (κ2) is 9.11. The average Bonchev–Trinajstić information content (AvgIpc) is 3.35. The van der Waals surface area contributed by atoms with Crippen molar-refractivity contribution in [2.24, 2.45) is 0 Å². The Balaban J connectivity index is 1.72. The van der Waals surface area contributed by atoms with Gasteiger partial charge in [0.05, 0.1) is 27.4 Å². The van der Waals surface area contributed by atoms with Gasteiger partial charge in [-0.1, -0.05) is 37.3 Å². The fraction of sp³-hybridized carbons (Fsp3) is 0.292. The molecule has 0 saturated heterocycles. The normalized spacial score (nSPS) is 11.3. The van der Waals surface area contributed by atoms with Gasteiger partial charge in [-0.15, -0.1) is 0 Å². The number of rotatable bonds is 7. The number of thiazole rings is 1. The molecule has 0 bridgehead atoms. The van der Waals surface area contributed by atoms with Crippen LogP contribution in [0.25, 0.3) is 10.2 Å². The highest BCUT2D eigenvalue weighted by atomic mass is 32.1. The van der Waals surface area contributed by atoms with Crippen molar-refractivity contribution in [2.75, 3.05) is 11.4 Å². The smallest absolute Gasteiger partial charge is 0.269 e. The van der Waals surface area contributed by atoms with E-state index in [1.165, 1.54) is 35.6 Å². The predicted molar refractivity (Wildman–Crippen MR) is 130 cm³/mol. The van der Waals surface area contributed by atoms with Crippen LogP contribution in [0.3, 0.4) is 0 Å². The largest absolute Gasteiger partial charge is 0.282 e. The zero-order chi connectivity index (χ0) is 23.7. The molecular weight excluding hydrogens is 438 g/mol. The molecule has 0 N–H and O–H groups in total. The van der Waals surface area contributed by atoms with Crippen molar-refractivity contribution in [2.45, 2.75) is 40.2 Å². The Labute approximate surface area is 195 Å². The number of amides is 1. The van der Waals surface area contributed by atoms with Gasteiger partial charge in [0.2, 0.25) is 0 Å². The zero-order valence-electron chi connectivity index (χ0n) is 19.0. The van der Waals surface area contributed by atoms with Crippen LogP contribution in [-0.4, -0.2) is 32.1 Å². The topological polar surface area (TPSA) is 94.2 Å². The van der Waals surface area contributed by atoms with Gasteiger partial charge in [0.25, 0.3) is 11.6 Å². The Hall–Kier alpha value is -3.59. The first-order chi connectivity index (χ1) is 15.7. The van der Waals surface area contributed by atoms with E-state index < -0.39 is 4.92 Å². The molecule has 4 rings (SSSR count). The monoisotopic (exact) mass is 463 g/mol. The molecule has 0 aliphatic carbocycles. The summed E-state index contributed by atoms with van der Waals surface area (Å²) in [6.45, 7) is 9.03. The molecular formula is C24H25N5O3S. The second-order valence-corrected chi connectivity index (χ2v) is 9.27. The van der Waals surface area contributed by atoms with E-state index in [0.717, 1.165) is 27.2 Å². The number of non-ortho nitro benzene ring substituents is 1. The van der Waals surface area contributed by atoms with E-state index >= 15 is 0 Å². The third kappa shape index (κ3) is 4.63. The summed E-state index contributed by atoms with van der Waals surface area (Å²) in [6.07, 6.45) is 0. The van der Waals surface area contributed by atoms with Gasteiger partial charge in [-0.3, -0.25) is 24.5 Å². The van der Waals surface area contributed by atoms with Crippen LogP contribution in [0.4, 0.5) is 10.8 Å². The van der Waals surface area contributed by atoms with E-state index in [1.807, 2.05) is 36.7 Å². The molecule has 0 atom stereocenters. The molecule has 4 aromatic rings. The van der Waals surface area contributed by atoms with Crippen molar-refractivity contribution in [1.29, 1.82) is 0 Å². The molecule has 0 unspecified atom stereocenters. The summed E-state index contributed by atoms with van der Waals surface area (Å²) in [6, 6.07) is 13.8. The SMILES string of the molecule is Cc1cc(C)n(CCN(C(=O)c2ccc([N+](=O)[O-])cc2)c2nc3c(C(C)C)cccc3s2)n1. The number of aryl methyl sites for hydroxylation is 2. The van der Waals surface area contributed by atoms with Crippen LogP contribution < -0.4 is 4.90 Å². The number of nitrogens with zero attached hydrogens (tertiary/aromatic N) is 5. The van der Waals surface area contributed by atoms with Gasteiger partial charge < -0.3 is 0 Å². The molecule has 2 aromatic heterocycles. The molecule has 9 heteroatoms. The summed E-state index contributed by atoms with van der Waals surface area (Å²) in [5.74, 6) is 0.0498. The summed E-state index contributed by atoms with van der Waals surface area (Å²) in [7, 11) is 0. The van der Waals surface area contributed by atoms with Gasteiger partial charge in [-0.05, 0) is 49.6 Å². The summed E-state index contributed by atoms with van der Waals surface area (Å²) in [4.78, 5) is 30.6. The summed E-state index contributed by atoms with van der Waals surface area (Å²) < 4.78 is 2.89. The molecule has 8 nitrogen and oxygen atoms in total. The molecule has 1 amide bonds. The van der Waals surface area contributed by atoms with Crippen LogP contribution >= 0.6 is 11.3 Å². The standard InChI is InChI=1S/C24H25N5O3S/c1-15(2)20-6-5-7-21-22(20)25-24(33-21)27(12-13-28-17(4)14-16(3)26-28)23(30)18-8-10-19(11-9-18)29(31)32/h5-11,14-15H,12-13H2,1-4H3. The van der Waals surface area contributed by atoms with E-state index in [9.17, 15) is 14.9 Å². The summed E-state index contributed by atoms with van der Waals surface area (Å²) in [5.41, 5.74) is 4.29. The van der Waals surface area contributed by atoms with Crippen LogP contribution in [0.1, 0.15) is 47.1 Å². The highest BCUT2D eigenvalue weighted by Crippen LogP contribution is 2.34. The van der Waals surface area contributed by atoms with Gasteiger partial charge >= 0.3 is 0 Å². The lowest BCUT2D eigenvalue weighted by Gasteiger charge is -2.20. The number of hydrogen-bond donors (Lipinski definition) is 0. The zero-order valence-corrected chi connectivity index (χ0v) is 19.8. The van der Waals surface area contributed by atoms with Crippen molar-refractivity contribution >= 4 is 38.3 Å². The predicted octanol–water partition coefficient (Wildman–Crippen LogP) is 5.49. The Bertz CT molecular complexity index is 1320. The quantitative estimate of drug-likeness (QED) is 0.267. The first kappa shape index (κ1) is 22.6. The Morgan fingerprint density at radius 3 is 2.52 bits per heavy atom. The Morgan fingerprint density at radius 1 is 1.18 bits per heavy atom. The number of nitro benzene ring substituents is 1. The van der Waals surface area contributed by atoms with Gasteiger partial charge in [-0.25, -0.2) is 4.98 Å². The molecule has 0 radical (unpaired) electrons. The van der Waals surface area contributed by atoms with Crippen molar-refractivity contribution in [3.05, 3.63) is 81.2 Å². The number of nitro groups is 1. The lowest BCUT2D eigenvalue weighted by Crippen LogP contribution is -2.34. The fourth-order valence-corrected chi connectivity index (χ4v) is 4.83. The molecule has 33 heavy (non-hydrogen) atoms. The van der Waals surface area contributed by atoms with Crippen LogP contribution in [0, 0.1) is 24.0 Å². The summed E-state index contributed by atoms with van der Waals surface area (Å²) in [5, 5.41) is 16.1. The maximum atomic E-state index is 13.5. The number of anilines is 1. The van der Waals surface area contributed by atoms with Crippen molar-refractivity contribution in [3.8, 4) is 0 Å². The van der Waals surface area contributed by atoms with Gasteiger partial charge in [0.1, 0.15) is 0 Å². The lowest BCUT2D eigenvalue weighted by molar-refractivity contribution is -0.384. The Morgan fingerprint density at radius 2 is 1.91 bits per heavy atom. The van der Waals surface area contributed by atoms with Crippen LogP contribution in [0.2, 0.25) is 0 Å². The molecule has 170 valence electrons. The maximum absolute atomic E-state index is 13.5. The van der Waals surface area contributed by atoms with Crippen LogP contribution in [0.5, 0.6) is 0 Å². The van der Waals surface area contributed by atoms with E-state index in [0.29, 0.717) is 29.7 Å². The van der Waals surface area contributed by atoms with Gasteiger partial charge in [0, 0.05) is 29.9 Å². The van der Waals surface area contributed by atoms with Crippen LogP contribution in [0.15, 0.2) is 48.5 Å². The Kier molecular flexibility index (Phi) is 6.24. The van der Waals surface area contributed by atoms with E-state index in [4.69, 9.17) is 4.98 Å².